The van der Waals surface area contributed by atoms with E-state index in [0.717, 1.165) is 0 Å². The molecule has 0 heteroatoms. The Labute approximate surface area is 270 Å². The molecule has 8 aromatic carbocycles. The van der Waals surface area contributed by atoms with E-state index in [9.17, 15) is 0 Å². The number of rotatable bonds is 2. The molecular formula is C46H34. The van der Waals surface area contributed by atoms with Crippen LogP contribution in [0.4, 0.5) is 0 Å². The number of hydrogen-bond donors (Lipinski definition) is 0. The third-order valence-electron chi connectivity index (χ3n) is 11.4. The van der Waals surface area contributed by atoms with Gasteiger partial charge in [0.2, 0.25) is 0 Å². The predicted octanol–water partition coefficient (Wildman–Crippen LogP) is 12.5. The van der Waals surface area contributed by atoms with Crippen LogP contribution in [0.25, 0.3) is 76.8 Å². The molecule has 0 aromatic heterocycles. The minimum Gasteiger partial charge on any atom is -0.0622 e. The summed E-state index contributed by atoms with van der Waals surface area (Å²) in [7, 11) is 0. The Morgan fingerprint density at radius 3 is 1.48 bits per heavy atom. The van der Waals surface area contributed by atoms with Crippen molar-refractivity contribution in [2.24, 2.45) is 0 Å². The summed E-state index contributed by atoms with van der Waals surface area (Å²) in [5.74, 6) is 0. The Kier molecular flexibility index (Phi) is 4.95. The van der Waals surface area contributed by atoms with E-state index in [1.165, 1.54) is 99.1 Å². The maximum atomic E-state index is 2.53. The summed E-state index contributed by atoms with van der Waals surface area (Å²) in [6.07, 6.45) is 0. The van der Waals surface area contributed by atoms with E-state index >= 15 is 0 Å². The quantitative estimate of drug-likeness (QED) is 0.177. The Hall–Kier alpha value is -5.20. The molecule has 0 atom stereocenters. The van der Waals surface area contributed by atoms with Crippen LogP contribution < -0.4 is 0 Å². The van der Waals surface area contributed by atoms with E-state index in [-0.39, 0.29) is 10.8 Å². The second-order valence-corrected chi connectivity index (χ2v) is 14.5. The molecule has 0 amide bonds. The van der Waals surface area contributed by atoms with Gasteiger partial charge in [0.15, 0.2) is 0 Å². The lowest BCUT2D eigenvalue weighted by atomic mass is 9.79. The lowest BCUT2D eigenvalue weighted by Crippen LogP contribution is -2.16. The van der Waals surface area contributed by atoms with E-state index < -0.39 is 0 Å². The highest BCUT2D eigenvalue weighted by Crippen LogP contribution is 2.56. The van der Waals surface area contributed by atoms with Gasteiger partial charge in [-0.15, -0.1) is 0 Å². The van der Waals surface area contributed by atoms with Crippen LogP contribution in [0.1, 0.15) is 49.9 Å². The van der Waals surface area contributed by atoms with Crippen molar-refractivity contribution in [1.29, 1.82) is 0 Å². The third kappa shape index (κ3) is 3.24. The van der Waals surface area contributed by atoms with Crippen molar-refractivity contribution in [3.05, 3.63) is 156 Å². The minimum absolute atomic E-state index is 0.0177. The highest BCUT2D eigenvalue weighted by Gasteiger charge is 2.41. The van der Waals surface area contributed by atoms with Crippen molar-refractivity contribution in [3.8, 4) is 44.5 Å². The van der Waals surface area contributed by atoms with Crippen LogP contribution in [0, 0.1) is 0 Å². The van der Waals surface area contributed by atoms with Crippen molar-refractivity contribution in [1.82, 2.24) is 0 Å². The van der Waals surface area contributed by atoms with Crippen molar-refractivity contribution < 1.29 is 0 Å². The second kappa shape index (κ2) is 8.74. The molecule has 0 N–H and O–H groups in total. The minimum atomic E-state index is -0.0591. The molecule has 0 spiro atoms. The maximum Gasteiger partial charge on any atom is 0.0159 e. The lowest BCUT2D eigenvalue weighted by molar-refractivity contribution is 0.652. The summed E-state index contributed by atoms with van der Waals surface area (Å²) in [4.78, 5) is 0. The number of hydrogen-bond acceptors (Lipinski definition) is 0. The van der Waals surface area contributed by atoms with Gasteiger partial charge in [0.05, 0.1) is 0 Å². The van der Waals surface area contributed by atoms with Crippen molar-refractivity contribution in [2.45, 2.75) is 38.5 Å². The molecule has 218 valence electrons. The first-order chi connectivity index (χ1) is 22.3. The van der Waals surface area contributed by atoms with Gasteiger partial charge in [-0.25, -0.2) is 0 Å². The molecule has 0 saturated heterocycles. The van der Waals surface area contributed by atoms with Gasteiger partial charge in [-0.1, -0.05) is 143 Å². The summed E-state index contributed by atoms with van der Waals surface area (Å²) < 4.78 is 0. The van der Waals surface area contributed by atoms with E-state index in [0.29, 0.717) is 0 Å². The third-order valence-corrected chi connectivity index (χ3v) is 11.4. The Morgan fingerprint density at radius 2 is 0.826 bits per heavy atom. The SMILES string of the molecule is CC1(C)c2ccccc2-c2cc3c(cc21)-c1cc(-c2ccc4ccc5c(-c6ccccc6)ccc6ccc2c4c65)ccc1C3(C)C. The van der Waals surface area contributed by atoms with Crippen LogP contribution in [0.3, 0.4) is 0 Å². The molecule has 0 nitrogen and oxygen atoms in total. The molecule has 2 aliphatic carbocycles. The van der Waals surface area contributed by atoms with Gasteiger partial charge in [0.25, 0.3) is 0 Å². The molecule has 0 fully saturated rings. The zero-order chi connectivity index (χ0) is 30.9. The molecule has 46 heavy (non-hydrogen) atoms. The Morgan fingerprint density at radius 1 is 0.326 bits per heavy atom. The van der Waals surface area contributed by atoms with Gasteiger partial charge in [-0.3, -0.25) is 0 Å². The molecule has 0 heterocycles. The molecule has 0 radical (unpaired) electrons. The standard InChI is InChI=1S/C46H34/c1-45(2)39-13-9-8-12-33(39)37-25-42-38(26-41(37)45)36-24-30(18-23-40(36)46(42,3)4)32-20-15-29-16-21-34-31(27-10-6-5-7-11-27)19-14-28-17-22-35(32)44(29)43(28)34/h5-26H,1-4H3. The highest BCUT2D eigenvalue weighted by molar-refractivity contribution is 6.27. The zero-order valence-corrected chi connectivity index (χ0v) is 26.7. The summed E-state index contributed by atoms with van der Waals surface area (Å²) in [5.41, 5.74) is 16.4. The van der Waals surface area contributed by atoms with Crippen LogP contribution in [0.15, 0.2) is 133 Å². The van der Waals surface area contributed by atoms with Gasteiger partial charge in [-0.2, -0.15) is 0 Å². The first-order valence-electron chi connectivity index (χ1n) is 16.5. The highest BCUT2D eigenvalue weighted by atomic mass is 14.4. The predicted molar refractivity (Wildman–Crippen MR) is 196 cm³/mol. The first kappa shape index (κ1) is 26.1. The summed E-state index contributed by atoms with van der Waals surface area (Å²) in [5, 5.41) is 7.97. The molecule has 0 unspecified atom stereocenters. The average molecular weight is 587 g/mol. The second-order valence-electron chi connectivity index (χ2n) is 14.5. The summed E-state index contributed by atoms with van der Waals surface area (Å²) in [6, 6.07) is 50.6. The molecule has 0 saturated carbocycles. The van der Waals surface area contributed by atoms with E-state index in [4.69, 9.17) is 0 Å². The first-order valence-corrected chi connectivity index (χ1v) is 16.5. The van der Waals surface area contributed by atoms with Crippen molar-refractivity contribution >= 4 is 32.3 Å². The summed E-state index contributed by atoms with van der Waals surface area (Å²) >= 11 is 0. The van der Waals surface area contributed by atoms with Crippen molar-refractivity contribution in [3.63, 3.8) is 0 Å². The van der Waals surface area contributed by atoms with Crippen molar-refractivity contribution in [2.75, 3.05) is 0 Å². The van der Waals surface area contributed by atoms with Gasteiger partial charge in [0, 0.05) is 10.8 Å². The number of benzene rings is 8. The Balaban J connectivity index is 1.19. The molecule has 0 aliphatic heterocycles. The lowest BCUT2D eigenvalue weighted by Gasteiger charge is -2.24. The van der Waals surface area contributed by atoms with Gasteiger partial charge in [-0.05, 0) is 117 Å². The van der Waals surface area contributed by atoms with Crippen LogP contribution in [0.2, 0.25) is 0 Å². The Bertz CT molecular complexity index is 2560. The van der Waals surface area contributed by atoms with Crippen LogP contribution >= 0.6 is 0 Å². The normalized spacial score (nSPS) is 15.3. The van der Waals surface area contributed by atoms with Gasteiger partial charge < -0.3 is 0 Å². The maximum absolute atomic E-state index is 2.53. The molecular weight excluding hydrogens is 553 g/mol. The largest absolute Gasteiger partial charge is 0.0622 e. The molecule has 2 aliphatic rings. The number of fused-ring (bicyclic) bond motifs is 6. The molecule has 10 rings (SSSR count). The fourth-order valence-corrected chi connectivity index (χ4v) is 9.03. The van der Waals surface area contributed by atoms with Crippen LogP contribution in [-0.2, 0) is 10.8 Å². The fraction of sp³-hybridized carbons (Fsp3) is 0.130. The fourth-order valence-electron chi connectivity index (χ4n) is 9.03. The van der Waals surface area contributed by atoms with Gasteiger partial charge >= 0.3 is 0 Å². The van der Waals surface area contributed by atoms with E-state index in [1.54, 1.807) is 0 Å². The molecule has 8 aromatic rings. The van der Waals surface area contributed by atoms with E-state index in [1.807, 2.05) is 0 Å². The van der Waals surface area contributed by atoms with Crippen LogP contribution in [0.5, 0.6) is 0 Å². The topological polar surface area (TPSA) is 0 Å². The van der Waals surface area contributed by atoms with Gasteiger partial charge in [0.1, 0.15) is 0 Å². The smallest absolute Gasteiger partial charge is 0.0159 e. The van der Waals surface area contributed by atoms with E-state index in [2.05, 4.69) is 161 Å². The van der Waals surface area contributed by atoms with Crippen LogP contribution in [-0.4, -0.2) is 0 Å². The molecule has 0 bridgehead atoms. The zero-order valence-electron chi connectivity index (χ0n) is 26.7. The monoisotopic (exact) mass is 586 g/mol. The average Bonchev–Trinajstić information content (AvgIpc) is 3.45. The summed E-state index contributed by atoms with van der Waals surface area (Å²) in [6.45, 7) is 9.57.